The molecule has 1 aliphatic rings. The molecule has 0 aliphatic carbocycles. The standard InChI is InChI=1S/C13H19NO2S/c1-11-8-12(2)10-14(9-11)17(15,16)13-6-4-3-5-7-13/h3-7,11-12H,8-10H2,1-2H3. The zero-order chi connectivity index (χ0) is 12.5. The zero-order valence-corrected chi connectivity index (χ0v) is 11.2. The van der Waals surface area contributed by atoms with E-state index in [4.69, 9.17) is 0 Å². The van der Waals surface area contributed by atoms with Crippen LogP contribution in [0.4, 0.5) is 0 Å². The molecule has 1 aromatic carbocycles. The lowest BCUT2D eigenvalue weighted by Crippen LogP contribution is -2.42. The fraction of sp³-hybridized carbons (Fsp3) is 0.538. The molecule has 0 radical (unpaired) electrons. The van der Waals surface area contributed by atoms with Crippen LogP contribution in [-0.2, 0) is 10.0 Å². The Morgan fingerprint density at radius 2 is 1.59 bits per heavy atom. The van der Waals surface area contributed by atoms with Gasteiger partial charge in [0.15, 0.2) is 0 Å². The van der Waals surface area contributed by atoms with Gasteiger partial charge in [0.2, 0.25) is 10.0 Å². The lowest BCUT2D eigenvalue weighted by Gasteiger charge is -2.34. The molecule has 1 aliphatic heterocycles. The highest BCUT2D eigenvalue weighted by molar-refractivity contribution is 7.89. The van der Waals surface area contributed by atoms with E-state index in [9.17, 15) is 8.42 Å². The molecule has 2 atom stereocenters. The van der Waals surface area contributed by atoms with Crippen LogP contribution in [0.15, 0.2) is 35.2 Å². The second-order valence-corrected chi connectivity index (χ2v) is 7.02. The van der Waals surface area contributed by atoms with Crippen LogP contribution >= 0.6 is 0 Å². The highest BCUT2D eigenvalue weighted by Crippen LogP contribution is 2.26. The van der Waals surface area contributed by atoms with E-state index in [1.54, 1.807) is 28.6 Å². The second kappa shape index (κ2) is 4.78. The minimum atomic E-state index is -3.29. The van der Waals surface area contributed by atoms with Crippen LogP contribution in [0, 0.1) is 11.8 Å². The van der Waals surface area contributed by atoms with E-state index >= 15 is 0 Å². The Hall–Kier alpha value is -0.870. The summed E-state index contributed by atoms with van der Waals surface area (Å²) in [7, 11) is -3.29. The molecule has 1 fully saturated rings. The van der Waals surface area contributed by atoms with Crippen molar-refractivity contribution in [1.82, 2.24) is 4.31 Å². The van der Waals surface area contributed by atoms with E-state index in [1.165, 1.54) is 0 Å². The van der Waals surface area contributed by atoms with E-state index < -0.39 is 10.0 Å². The number of piperidine rings is 1. The fourth-order valence-corrected chi connectivity index (χ4v) is 4.24. The number of nitrogens with zero attached hydrogens (tertiary/aromatic N) is 1. The largest absolute Gasteiger partial charge is 0.243 e. The number of hydrogen-bond acceptors (Lipinski definition) is 2. The molecular formula is C13H19NO2S. The van der Waals surface area contributed by atoms with E-state index in [1.807, 2.05) is 6.07 Å². The van der Waals surface area contributed by atoms with Gasteiger partial charge in [-0.25, -0.2) is 8.42 Å². The van der Waals surface area contributed by atoms with Crippen LogP contribution in [0.3, 0.4) is 0 Å². The Labute approximate surface area is 104 Å². The van der Waals surface area contributed by atoms with Gasteiger partial charge >= 0.3 is 0 Å². The predicted octanol–water partition coefficient (Wildman–Crippen LogP) is 2.35. The number of benzene rings is 1. The molecule has 2 rings (SSSR count). The monoisotopic (exact) mass is 253 g/mol. The second-order valence-electron chi connectivity index (χ2n) is 5.08. The van der Waals surface area contributed by atoms with E-state index in [0.717, 1.165) is 6.42 Å². The van der Waals surface area contributed by atoms with Crippen molar-refractivity contribution in [1.29, 1.82) is 0 Å². The lowest BCUT2D eigenvalue weighted by atomic mass is 9.94. The van der Waals surface area contributed by atoms with Gasteiger partial charge in [-0.05, 0) is 30.4 Å². The third kappa shape index (κ3) is 2.69. The van der Waals surface area contributed by atoms with Gasteiger partial charge < -0.3 is 0 Å². The van der Waals surface area contributed by atoms with Crippen molar-refractivity contribution in [2.75, 3.05) is 13.1 Å². The Kier molecular flexibility index (Phi) is 3.54. The third-order valence-corrected chi connectivity index (χ3v) is 5.06. The first-order valence-electron chi connectivity index (χ1n) is 6.05. The van der Waals surface area contributed by atoms with Gasteiger partial charge in [0.1, 0.15) is 0 Å². The molecule has 0 bridgehead atoms. The molecule has 1 aromatic rings. The van der Waals surface area contributed by atoms with Gasteiger partial charge in [-0.2, -0.15) is 4.31 Å². The van der Waals surface area contributed by atoms with Gasteiger partial charge in [0.25, 0.3) is 0 Å². The summed E-state index contributed by atoms with van der Waals surface area (Å²) in [6.45, 7) is 5.51. The number of hydrogen-bond donors (Lipinski definition) is 0. The van der Waals surface area contributed by atoms with E-state index in [0.29, 0.717) is 29.8 Å². The summed E-state index contributed by atoms with van der Waals surface area (Å²) in [6.07, 6.45) is 1.11. The number of sulfonamides is 1. The molecule has 1 saturated heterocycles. The van der Waals surface area contributed by atoms with Gasteiger partial charge in [0.05, 0.1) is 4.90 Å². The highest BCUT2D eigenvalue weighted by Gasteiger charge is 2.31. The van der Waals surface area contributed by atoms with Gasteiger partial charge in [-0.3, -0.25) is 0 Å². The van der Waals surface area contributed by atoms with Crippen molar-refractivity contribution in [3.8, 4) is 0 Å². The summed E-state index contributed by atoms with van der Waals surface area (Å²) in [5.41, 5.74) is 0. The summed E-state index contributed by atoms with van der Waals surface area (Å²) >= 11 is 0. The Morgan fingerprint density at radius 3 is 2.12 bits per heavy atom. The minimum absolute atomic E-state index is 0.404. The maximum atomic E-state index is 12.4. The molecule has 0 amide bonds. The molecule has 1 heterocycles. The first-order chi connectivity index (χ1) is 8.00. The Morgan fingerprint density at radius 1 is 1.06 bits per heavy atom. The van der Waals surface area contributed by atoms with Gasteiger partial charge in [-0.1, -0.05) is 32.0 Å². The zero-order valence-electron chi connectivity index (χ0n) is 10.3. The van der Waals surface area contributed by atoms with Crippen LogP contribution < -0.4 is 0 Å². The minimum Gasteiger partial charge on any atom is -0.207 e. The molecule has 94 valence electrons. The Bertz CT molecular complexity index is 459. The Balaban J connectivity index is 2.27. The SMILES string of the molecule is CC1CC(C)CN(S(=O)(=O)c2ccccc2)C1. The first kappa shape index (κ1) is 12.6. The average Bonchev–Trinajstić information content (AvgIpc) is 2.29. The quantitative estimate of drug-likeness (QED) is 0.811. The molecule has 3 nitrogen and oxygen atoms in total. The van der Waals surface area contributed by atoms with Crippen LogP contribution in [0.1, 0.15) is 20.3 Å². The topological polar surface area (TPSA) is 37.4 Å². The summed E-state index contributed by atoms with van der Waals surface area (Å²) in [4.78, 5) is 0.404. The van der Waals surface area contributed by atoms with Crippen molar-refractivity contribution in [3.63, 3.8) is 0 Å². The van der Waals surface area contributed by atoms with Crippen molar-refractivity contribution >= 4 is 10.0 Å². The maximum absolute atomic E-state index is 12.4. The summed E-state index contributed by atoms with van der Waals surface area (Å²) in [5, 5.41) is 0. The van der Waals surface area contributed by atoms with Crippen LogP contribution in [0.5, 0.6) is 0 Å². The van der Waals surface area contributed by atoms with Crippen LogP contribution in [-0.4, -0.2) is 25.8 Å². The molecule has 17 heavy (non-hydrogen) atoms. The third-order valence-electron chi connectivity index (χ3n) is 3.22. The number of rotatable bonds is 2. The van der Waals surface area contributed by atoms with E-state index in [-0.39, 0.29) is 0 Å². The smallest absolute Gasteiger partial charge is 0.207 e. The average molecular weight is 253 g/mol. The van der Waals surface area contributed by atoms with Crippen molar-refractivity contribution in [2.24, 2.45) is 11.8 Å². The predicted molar refractivity (Wildman–Crippen MR) is 68.1 cm³/mol. The molecule has 0 aromatic heterocycles. The molecule has 0 N–H and O–H groups in total. The molecule has 2 unspecified atom stereocenters. The fourth-order valence-electron chi connectivity index (χ4n) is 2.54. The summed E-state index contributed by atoms with van der Waals surface area (Å²) in [5.74, 6) is 0.884. The highest BCUT2D eigenvalue weighted by atomic mass is 32.2. The van der Waals surface area contributed by atoms with E-state index in [2.05, 4.69) is 13.8 Å². The van der Waals surface area contributed by atoms with Crippen molar-refractivity contribution in [3.05, 3.63) is 30.3 Å². The first-order valence-corrected chi connectivity index (χ1v) is 7.49. The lowest BCUT2D eigenvalue weighted by molar-refractivity contribution is 0.222. The summed E-state index contributed by atoms with van der Waals surface area (Å²) < 4.78 is 26.4. The molecular weight excluding hydrogens is 234 g/mol. The molecule has 0 spiro atoms. The van der Waals surface area contributed by atoms with Crippen molar-refractivity contribution < 1.29 is 8.42 Å². The molecule has 0 saturated carbocycles. The van der Waals surface area contributed by atoms with Crippen molar-refractivity contribution in [2.45, 2.75) is 25.2 Å². The van der Waals surface area contributed by atoms with Gasteiger partial charge in [-0.15, -0.1) is 0 Å². The van der Waals surface area contributed by atoms with Crippen LogP contribution in [0.25, 0.3) is 0 Å². The summed E-state index contributed by atoms with van der Waals surface area (Å²) in [6, 6.07) is 8.70. The van der Waals surface area contributed by atoms with Crippen LogP contribution in [0.2, 0.25) is 0 Å². The molecule has 4 heteroatoms. The normalized spacial score (nSPS) is 26.9. The van der Waals surface area contributed by atoms with Gasteiger partial charge in [0, 0.05) is 13.1 Å². The maximum Gasteiger partial charge on any atom is 0.243 e.